The molecule has 1 aromatic carbocycles. The first kappa shape index (κ1) is 25.8. The van der Waals surface area contributed by atoms with Crippen LogP contribution in [0.2, 0.25) is 0 Å². The van der Waals surface area contributed by atoms with Crippen molar-refractivity contribution in [3.63, 3.8) is 0 Å². The smallest absolute Gasteiger partial charge is 0.174 e. The van der Waals surface area contributed by atoms with Crippen molar-refractivity contribution in [3.05, 3.63) is 66.0 Å². The fraction of sp³-hybridized carbons (Fsp3) is 0.476. The Labute approximate surface area is 193 Å². The molecule has 0 aliphatic heterocycles. The van der Waals surface area contributed by atoms with Gasteiger partial charge in [-0.3, -0.25) is 0 Å². The molecule has 1 heterocycles. The first-order valence-corrected chi connectivity index (χ1v) is 9.00. The van der Waals surface area contributed by atoms with E-state index in [1.807, 2.05) is 0 Å². The van der Waals surface area contributed by atoms with Gasteiger partial charge in [-0.2, -0.15) is 0 Å². The van der Waals surface area contributed by atoms with E-state index in [1.54, 1.807) is 0 Å². The van der Waals surface area contributed by atoms with E-state index < -0.39 is 0 Å². The lowest BCUT2D eigenvalue weighted by atomic mass is 10.0. The number of aromatic nitrogens is 1. The number of halogens is 2. The molecule has 5 heteroatoms. The van der Waals surface area contributed by atoms with E-state index in [9.17, 15) is 0 Å². The average molecular weight is 582 g/mol. The number of aryl methyl sites for hydroxylation is 1. The number of nitrogens with zero attached hydrogens (tertiary/aromatic N) is 2. The van der Waals surface area contributed by atoms with Gasteiger partial charge in [-0.25, -0.2) is 4.57 Å². The van der Waals surface area contributed by atoms with E-state index in [1.165, 1.54) is 11.1 Å². The van der Waals surface area contributed by atoms with Crippen LogP contribution in [0, 0.1) is 0 Å². The highest BCUT2D eigenvalue weighted by Gasteiger charge is 2.20. The summed E-state index contributed by atoms with van der Waals surface area (Å²) in [6.45, 7) is 8.63. The number of hydrogen-bond acceptors (Lipinski definition) is 1. The zero-order valence-corrected chi connectivity index (χ0v) is 20.7. The second-order valence-corrected chi connectivity index (χ2v) is 6.83. The third-order valence-electron chi connectivity index (χ3n) is 5.08. The fourth-order valence-corrected chi connectivity index (χ4v) is 2.86. The molecule has 2 aromatic rings. The van der Waals surface area contributed by atoms with Gasteiger partial charge < -0.3 is 57.2 Å². The van der Waals surface area contributed by atoms with Gasteiger partial charge in [0.2, 0.25) is 0 Å². The molecule has 2 rings (SSSR count). The van der Waals surface area contributed by atoms with Gasteiger partial charge >= 0.3 is 0 Å². The molecule has 0 fully saturated rings. The monoisotopic (exact) mass is 582 g/mol. The molecule has 3 nitrogen and oxygen atoms in total. The number of ether oxygens (including phenoxy) is 1. The number of quaternary nitrogens is 1. The Morgan fingerprint density at radius 2 is 1.65 bits per heavy atom. The largest absolute Gasteiger partial charge is 1.00 e. The Kier molecular flexibility index (Phi) is 12.9. The Hall–Kier alpha value is -0.250. The van der Waals surface area contributed by atoms with Gasteiger partial charge in [-0.05, 0) is 25.5 Å². The number of likely N-dealkylation sites (N-methyl/N-ethyl adjacent to an activating group) is 1. The van der Waals surface area contributed by atoms with Crippen molar-refractivity contribution in [2.24, 2.45) is 7.05 Å². The predicted octanol–water partition coefficient (Wildman–Crippen LogP) is -2.69. The summed E-state index contributed by atoms with van der Waals surface area (Å²) in [5.41, 5.74) is 2.56. The number of rotatable bonds is 9. The van der Waals surface area contributed by atoms with E-state index in [4.69, 9.17) is 4.74 Å². The third-order valence-corrected chi connectivity index (χ3v) is 5.08. The predicted molar refractivity (Wildman–Crippen MR) is 98.6 cm³/mol. The lowest BCUT2D eigenvalue weighted by Gasteiger charge is -2.32. The first-order chi connectivity index (χ1) is 11.6. The lowest BCUT2D eigenvalue weighted by molar-refractivity contribution is -0.906. The summed E-state index contributed by atoms with van der Waals surface area (Å²) in [7, 11) is 4.36. The molecule has 0 aliphatic carbocycles. The van der Waals surface area contributed by atoms with Crippen LogP contribution in [-0.4, -0.2) is 37.8 Å². The van der Waals surface area contributed by atoms with E-state index in [0.717, 1.165) is 37.1 Å². The third kappa shape index (κ3) is 8.19. The van der Waals surface area contributed by atoms with Crippen LogP contribution in [0.1, 0.15) is 31.1 Å². The van der Waals surface area contributed by atoms with Crippen LogP contribution in [0.15, 0.2) is 54.9 Å². The van der Waals surface area contributed by atoms with Gasteiger partial charge in [0.1, 0.15) is 13.6 Å². The Morgan fingerprint density at radius 1 is 1.00 bits per heavy atom. The van der Waals surface area contributed by atoms with Crippen LogP contribution in [0.4, 0.5) is 0 Å². The van der Waals surface area contributed by atoms with Crippen molar-refractivity contribution in [2.75, 3.05) is 33.3 Å². The molecule has 26 heavy (non-hydrogen) atoms. The van der Waals surface area contributed by atoms with E-state index >= 15 is 0 Å². The normalized spacial score (nSPS) is 12.0. The Balaban J connectivity index is 0.00000312. The maximum Gasteiger partial charge on any atom is 0.174 e. The van der Waals surface area contributed by atoms with Crippen LogP contribution in [0.3, 0.4) is 0 Å². The molecule has 0 bridgehead atoms. The SMILES string of the molecule is CC[N+](C)(CC)CCOC(Cc1ccccc1)c1ccc[n+](C)c1.[I-].[I-]. The average Bonchev–Trinajstić information content (AvgIpc) is 2.61. The quantitative estimate of drug-likeness (QED) is 0.179. The molecule has 0 amide bonds. The van der Waals surface area contributed by atoms with Crippen molar-refractivity contribution in [2.45, 2.75) is 26.4 Å². The fourth-order valence-electron chi connectivity index (χ4n) is 2.86. The minimum absolute atomic E-state index is 0. The van der Waals surface area contributed by atoms with Crippen molar-refractivity contribution in [1.82, 2.24) is 0 Å². The highest BCUT2D eigenvalue weighted by atomic mass is 127. The highest BCUT2D eigenvalue weighted by molar-refractivity contribution is 5.19. The van der Waals surface area contributed by atoms with Crippen molar-refractivity contribution in [3.8, 4) is 0 Å². The summed E-state index contributed by atoms with van der Waals surface area (Å²) >= 11 is 0. The van der Waals surface area contributed by atoms with Gasteiger partial charge in [0.05, 0.1) is 32.8 Å². The summed E-state index contributed by atoms with van der Waals surface area (Å²) in [6.07, 6.45) is 5.24. The molecule has 0 saturated carbocycles. The molecular weight excluding hydrogens is 550 g/mol. The minimum atomic E-state index is 0. The molecule has 0 saturated heterocycles. The summed E-state index contributed by atoms with van der Waals surface area (Å²) in [6, 6.07) is 14.9. The summed E-state index contributed by atoms with van der Waals surface area (Å²) in [5, 5.41) is 0. The Bertz CT molecular complexity index is 618. The van der Waals surface area contributed by atoms with Crippen molar-refractivity contribution < 1.29 is 61.7 Å². The molecular formula is C21H32I2N2O. The molecule has 1 aromatic heterocycles. The molecule has 1 atom stereocenters. The minimum Gasteiger partial charge on any atom is -1.00 e. The summed E-state index contributed by atoms with van der Waals surface area (Å²) in [5.74, 6) is 0. The molecule has 0 radical (unpaired) electrons. The van der Waals surface area contributed by atoms with Crippen LogP contribution in [0.25, 0.3) is 0 Å². The Morgan fingerprint density at radius 3 is 2.23 bits per heavy atom. The number of benzene rings is 1. The van der Waals surface area contributed by atoms with E-state index in [0.29, 0.717) is 0 Å². The van der Waals surface area contributed by atoms with Crippen LogP contribution in [0.5, 0.6) is 0 Å². The lowest BCUT2D eigenvalue weighted by Crippen LogP contribution is -3.00. The second kappa shape index (κ2) is 13.0. The van der Waals surface area contributed by atoms with Crippen molar-refractivity contribution >= 4 is 0 Å². The summed E-state index contributed by atoms with van der Waals surface area (Å²) < 4.78 is 9.51. The van der Waals surface area contributed by atoms with Gasteiger partial charge in [-0.15, -0.1) is 0 Å². The number of pyridine rings is 1. The molecule has 0 spiro atoms. The summed E-state index contributed by atoms with van der Waals surface area (Å²) in [4.78, 5) is 0. The zero-order chi connectivity index (χ0) is 17.4. The maximum atomic E-state index is 6.36. The van der Waals surface area contributed by atoms with Gasteiger partial charge in [0.25, 0.3) is 0 Å². The first-order valence-electron chi connectivity index (χ1n) is 9.00. The maximum absolute atomic E-state index is 6.36. The standard InChI is InChI=1S/C21H32N2O.2HI/c1-5-23(4,6-2)15-16-24-21(17-19-11-8-7-9-12-19)20-13-10-14-22(3)18-20;;/h7-14,18,21H,5-6,15-17H2,1-4H3;2*1H/q+2;;/p-2. The molecule has 0 N–H and O–H groups in total. The topological polar surface area (TPSA) is 13.1 Å². The molecule has 146 valence electrons. The van der Waals surface area contributed by atoms with Crippen LogP contribution < -0.4 is 52.5 Å². The zero-order valence-electron chi connectivity index (χ0n) is 16.4. The van der Waals surface area contributed by atoms with Crippen molar-refractivity contribution in [1.29, 1.82) is 0 Å². The van der Waals surface area contributed by atoms with E-state index in [-0.39, 0.29) is 54.1 Å². The molecule has 1 unspecified atom stereocenters. The number of hydrogen-bond donors (Lipinski definition) is 0. The van der Waals surface area contributed by atoms with Gasteiger partial charge in [-0.1, -0.05) is 30.3 Å². The highest BCUT2D eigenvalue weighted by Crippen LogP contribution is 2.21. The van der Waals surface area contributed by atoms with E-state index in [2.05, 4.69) is 87.4 Å². The molecule has 0 aliphatic rings. The van der Waals surface area contributed by atoms with Gasteiger partial charge in [0, 0.05) is 18.1 Å². The second-order valence-electron chi connectivity index (χ2n) is 6.83. The van der Waals surface area contributed by atoms with Crippen LogP contribution in [-0.2, 0) is 18.2 Å². The van der Waals surface area contributed by atoms with Crippen LogP contribution >= 0.6 is 0 Å². The van der Waals surface area contributed by atoms with Gasteiger partial charge in [0.15, 0.2) is 12.4 Å².